The van der Waals surface area contributed by atoms with Gasteiger partial charge in [0, 0.05) is 52.5 Å². The lowest BCUT2D eigenvalue weighted by atomic mass is 10.0. The van der Waals surface area contributed by atoms with Gasteiger partial charge >= 0.3 is 0 Å². The van der Waals surface area contributed by atoms with E-state index in [-0.39, 0.29) is 47.8 Å². The van der Waals surface area contributed by atoms with Crippen molar-refractivity contribution in [3.05, 3.63) is 111 Å². The van der Waals surface area contributed by atoms with Crippen molar-refractivity contribution in [3.8, 4) is 43.4 Å². The summed E-state index contributed by atoms with van der Waals surface area (Å²) in [5.74, 6) is -2.84. The molecule has 10 bridgehead atoms. The van der Waals surface area contributed by atoms with E-state index >= 15 is 0 Å². The fourth-order valence-electron chi connectivity index (χ4n) is 8.45. The van der Waals surface area contributed by atoms with Crippen molar-refractivity contribution in [2.45, 2.75) is 83.7 Å². The number of methoxy groups -OCH3 is 1. The smallest absolute Gasteiger partial charge is 0.271 e. The second kappa shape index (κ2) is 26.6. The number of rotatable bonds is 14. The van der Waals surface area contributed by atoms with Gasteiger partial charge in [0.2, 0.25) is 17.7 Å². The van der Waals surface area contributed by atoms with Gasteiger partial charge in [-0.25, -0.2) is 34.9 Å². The third-order valence-electron chi connectivity index (χ3n) is 12.6. The van der Waals surface area contributed by atoms with Crippen molar-refractivity contribution in [2.24, 2.45) is 11.7 Å². The summed E-state index contributed by atoms with van der Waals surface area (Å²) in [6, 6.07) is 9.64. The SMILES string of the molecule is CNC(=O)C[C@@H]1NC(=O)c2csc(n2)-c2ccc(-c3nc(NC(=O)CCCCCN)cs3)nc2-c2csc(n2)-c2csc(n2)[C@H]([C@@H](O)c2ccccc2)NC(=O)CNC(=O)c2nc(sc2COC)[C@@H](C(C)C)NC(=O)c2nc1sc2C. The summed E-state index contributed by atoms with van der Waals surface area (Å²) in [5.41, 5.74) is 8.54. The molecule has 22 nitrogen and oxygen atoms in total. The first-order chi connectivity index (χ1) is 39.1. The van der Waals surface area contributed by atoms with Crippen molar-refractivity contribution in [1.82, 2.24) is 61.5 Å². The van der Waals surface area contributed by atoms with E-state index in [0.717, 1.165) is 24.2 Å². The molecule has 422 valence electrons. The van der Waals surface area contributed by atoms with E-state index in [4.69, 9.17) is 45.4 Å². The number of hydrogen-bond acceptors (Lipinski definition) is 22. The van der Waals surface area contributed by atoms with Crippen LogP contribution < -0.4 is 37.6 Å². The molecular weight excluding hydrogens is 1150 g/mol. The molecule has 1 aromatic carbocycles. The topological polar surface area (TPSA) is 320 Å². The van der Waals surface area contributed by atoms with Crippen molar-refractivity contribution >= 4 is 109 Å². The van der Waals surface area contributed by atoms with Crippen LogP contribution in [0.25, 0.3) is 43.4 Å². The van der Waals surface area contributed by atoms with E-state index in [9.17, 15) is 33.9 Å². The van der Waals surface area contributed by atoms with Gasteiger partial charge in [0.15, 0.2) is 0 Å². The number of anilines is 1. The Kier molecular flexibility index (Phi) is 19.2. The number of aliphatic hydroxyl groups excluding tert-OH is 1. The Morgan fingerprint density at radius 2 is 1.43 bits per heavy atom. The van der Waals surface area contributed by atoms with Crippen molar-refractivity contribution < 1.29 is 38.6 Å². The van der Waals surface area contributed by atoms with Gasteiger partial charge in [0.05, 0.1) is 42.2 Å². The molecule has 0 radical (unpaired) electrons. The second-order valence-electron chi connectivity index (χ2n) is 18.8. The minimum atomic E-state index is -1.26. The maximum atomic E-state index is 14.3. The van der Waals surface area contributed by atoms with E-state index < -0.39 is 54.4 Å². The minimum Gasteiger partial charge on any atom is -0.386 e. The first-order valence-corrected chi connectivity index (χ1v) is 30.7. The quantitative estimate of drug-likeness (QED) is 0.0482. The number of nitrogens with one attached hydrogen (secondary N) is 6. The Labute approximate surface area is 488 Å². The molecule has 9 N–H and O–H groups in total. The number of thiazole rings is 6. The number of amides is 6. The molecule has 9 rings (SSSR count). The van der Waals surface area contributed by atoms with Gasteiger partial charge in [-0.1, -0.05) is 50.6 Å². The molecule has 7 aromatic heterocycles. The number of nitrogens with two attached hydrogens (primary N) is 1. The highest BCUT2D eigenvalue weighted by atomic mass is 32.1. The van der Waals surface area contributed by atoms with Crippen LogP contribution in [0.4, 0.5) is 5.82 Å². The highest BCUT2D eigenvalue weighted by molar-refractivity contribution is 7.15. The van der Waals surface area contributed by atoms with Gasteiger partial charge < -0.3 is 47.5 Å². The summed E-state index contributed by atoms with van der Waals surface area (Å²) in [6.45, 7) is 5.56. The first-order valence-electron chi connectivity index (χ1n) is 25.5. The van der Waals surface area contributed by atoms with E-state index in [0.29, 0.717) is 98.9 Å². The van der Waals surface area contributed by atoms with Crippen LogP contribution in [0.3, 0.4) is 0 Å². The molecule has 8 aromatic rings. The van der Waals surface area contributed by atoms with Crippen LogP contribution in [0.2, 0.25) is 0 Å². The Morgan fingerprint density at radius 3 is 2.20 bits per heavy atom. The molecule has 1 aliphatic rings. The van der Waals surface area contributed by atoms with E-state index in [1.54, 1.807) is 53.4 Å². The van der Waals surface area contributed by atoms with Gasteiger partial charge in [-0.05, 0) is 49.9 Å². The Bertz CT molecular complexity index is 3570. The molecule has 8 heterocycles. The van der Waals surface area contributed by atoms with Crippen LogP contribution in [-0.2, 0) is 25.7 Å². The molecule has 0 saturated carbocycles. The maximum Gasteiger partial charge on any atom is 0.271 e. The highest BCUT2D eigenvalue weighted by Crippen LogP contribution is 2.40. The predicted octanol–water partition coefficient (Wildman–Crippen LogP) is 7.77. The number of pyridine rings is 1. The van der Waals surface area contributed by atoms with Crippen LogP contribution in [-0.4, -0.2) is 103 Å². The normalized spacial score (nSPS) is 16.5. The number of carbonyl (C=O) groups excluding carboxylic acids is 6. The van der Waals surface area contributed by atoms with E-state index in [1.807, 2.05) is 31.4 Å². The molecule has 0 spiro atoms. The molecule has 4 atom stereocenters. The van der Waals surface area contributed by atoms with Crippen LogP contribution in [0, 0.1) is 12.8 Å². The van der Waals surface area contributed by atoms with E-state index in [1.165, 1.54) is 70.8 Å². The summed E-state index contributed by atoms with van der Waals surface area (Å²) in [5, 5.41) is 38.3. The lowest BCUT2D eigenvalue weighted by molar-refractivity contribution is -0.122. The third-order valence-corrected chi connectivity index (χ3v) is 18.4. The van der Waals surface area contributed by atoms with Crippen LogP contribution in [0.1, 0.15) is 132 Å². The molecule has 0 saturated heterocycles. The number of nitrogens with zero attached hydrogens (tertiary/aromatic N) is 7. The van der Waals surface area contributed by atoms with Gasteiger partial charge in [0.1, 0.15) is 82.2 Å². The molecule has 0 fully saturated rings. The minimum absolute atomic E-state index is 0.00565. The number of unbranched alkanes of at least 4 members (excludes halogenated alkanes) is 2. The average Bonchev–Trinajstić information content (AvgIpc) is 4.36. The van der Waals surface area contributed by atoms with Crippen LogP contribution in [0.15, 0.2) is 64.0 Å². The third kappa shape index (κ3) is 14.0. The number of hydrogen-bond donors (Lipinski definition) is 8. The Balaban J connectivity index is 1.11. The first kappa shape index (κ1) is 58.5. The molecule has 6 amide bonds. The lowest BCUT2D eigenvalue weighted by Gasteiger charge is -2.23. The number of ether oxygens (including phenoxy) is 1. The van der Waals surface area contributed by atoms with Crippen LogP contribution >= 0.6 is 68.0 Å². The summed E-state index contributed by atoms with van der Waals surface area (Å²) in [7, 11) is 2.95. The number of fused-ring (bicyclic) bond motifs is 14. The fraction of sp³-hybridized carbons (Fsp3) is 0.340. The maximum absolute atomic E-state index is 14.3. The summed E-state index contributed by atoms with van der Waals surface area (Å²) in [4.78, 5) is 117. The summed E-state index contributed by atoms with van der Waals surface area (Å²) >= 11 is 7.31. The number of carbonyl (C=O) groups is 6. The highest BCUT2D eigenvalue weighted by Gasteiger charge is 2.33. The Morgan fingerprint density at radius 1 is 0.704 bits per heavy atom. The number of aryl methyl sites for hydroxylation is 1. The predicted molar refractivity (Wildman–Crippen MR) is 313 cm³/mol. The number of aliphatic hydroxyl groups is 1. The van der Waals surface area contributed by atoms with Gasteiger partial charge in [0.25, 0.3) is 17.7 Å². The number of aromatic nitrogens is 7. The molecule has 0 unspecified atom stereocenters. The molecule has 0 aliphatic carbocycles. The summed E-state index contributed by atoms with van der Waals surface area (Å²) in [6.07, 6.45) is 1.24. The molecular formula is C53H56N14O8S6. The van der Waals surface area contributed by atoms with Crippen molar-refractivity contribution in [3.63, 3.8) is 0 Å². The monoisotopic (exact) mass is 1210 g/mol. The van der Waals surface area contributed by atoms with Gasteiger partial charge in [-0.3, -0.25) is 28.8 Å². The van der Waals surface area contributed by atoms with Gasteiger partial charge in [-0.2, -0.15) is 0 Å². The second-order valence-corrected chi connectivity index (χ2v) is 24.6. The van der Waals surface area contributed by atoms with Crippen molar-refractivity contribution in [1.29, 1.82) is 0 Å². The largest absolute Gasteiger partial charge is 0.386 e. The zero-order chi connectivity index (χ0) is 57.3. The number of benzene rings is 1. The zero-order valence-corrected chi connectivity index (χ0v) is 49.3. The van der Waals surface area contributed by atoms with Gasteiger partial charge in [-0.15, -0.1) is 68.0 Å². The molecule has 81 heavy (non-hydrogen) atoms. The summed E-state index contributed by atoms with van der Waals surface area (Å²) < 4.78 is 5.45. The lowest BCUT2D eigenvalue weighted by Crippen LogP contribution is -2.40. The fourth-order valence-corrected chi connectivity index (χ4v) is 13.9. The van der Waals surface area contributed by atoms with E-state index in [2.05, 4.69) is 31.9 Å². The molecule has 28 heteroatoms. The molecule has 1 aliphatic heterocycles. The van der Waals surface area contributed by atoms with Crippen LogP contribution in [0.5, 0.6) is 0 Å². The standard InChI is InChI=1S/C53H56N14O8S6/c1-25(2)39-53-67-42(34(81-53)20-75-5)46(73)56-19-38(70)64-43(44(71)27-12-8-6-9-13-27)52-61-33(23-78-52)50-59-31(21-77-50)41-28(15-16-29(57-41)49-63-35(24-79-49)62-36(68)14-10-7-11-17-54)48-60-32(22-76-48)45(72)58-30(18-37(69)55-4)51-66-40(26(3)80-51)47(74)65-39/h6,8-9,12-13,15-16,21-25,30,39,43-44,71H,7,10-11,14,17-20,54H2,1-5H3,(H,55,69)(H,56,73)(H,58,72)(H,62,68)(H,64,70)(H,65,74)/t30-,39+,43-,44-/m0/s1. The Hall–Kier alpha value is -7.15. The van der Waals surface area contributed by atoms with Crippen molar-refractivity contribution in [2.75, 3.05) is 32.6 Å². The average molecular weight is 1210 g/mol. The zero-order valence-electron chi connectivity index (χ0n) is 44.4.